The zero-order chi connectivity index (χ0) is 21.3. The van der Waals surface area contributed by atoms with Gasteiger partial charge in [0.15, 0.2) is 0 Å². The Hall–Kier alpha value is -4.01. The third kappa shape index (κ3) is 3.70. The Bertz CT molecular complexity index is 1160. The van der Waals surface area contributed by atoms with E-state index in [4.69, 9.17) is 0 Å². The first-order valence-electron chi connectivity index (χ1n) is 8.59. The minimum atomic E-state index is -1.12. The largest absolute Gasteiger partial charge is 0.478 e. The van der Waals surface area contributed by atoms with E-state index in [2.05, 4.69) is 26.8 Å². The number of nitrogens with zero attached hydrogens (tertiary/aromatic N) is 3. The molecule has 3 rings (SSSR count). The number of rotatable bonds is 5. The normalized spacial score (nSPS) is 10.6. The van der Waals surface area contributed by atoms with Crippen LogP contribution in [0.25, 0.3) is 22.3 Å². The number of aromatic nitrogens is 3. The van der Waals surface area contributed by atoms with Crippen molar-refractivity contribution in [3.05, 3.63) is 54.0 Å². The molecule has 9 nitrogen and oxygen atoms in total. The lowest BCUT2D eigenvalue weighted by molar-refractivity contribution is -0.112. The molecule has 0 atom stereocenters. The van der Waals surface area contributed by atoms with E-state index >= 15 is 0 Å². The van der Waals surface area contributed by atoms with E-state index in [0.717, 1.165) is 0 Å². The lowest BCUT2D eigenvalue weighted by Crippen LogP contribution is -2.24. The molecule has 0 fully saturated rings. The molecule has 3 aromatic rings. The summed E-state index contributed by atoms with van der Waals surface area (Å²) in [7, 11) is 3.21. The van der Waals surface area contributed by atoms with Crippen molar-refractivity contribution < 1.29 is 19.5 Å². The van der Waals surface area contributed by atoms with E-state index in [-0.39, 0.29) is 28.3 Å². The smallest absolute Gasteiger partial charge is 0.338 e. The van der Waals surface area contributed by atoms with Gasteiger partial charge in [-0.15, -0.1) is 0 Å². The fraction of sp³-hybridized carbons (Fsp3) is 0.150. The van der Waals surface area contributed by atoms with E-state index in [1.54, 1.807) is 39.2 Å². The molecule has 2 amide bonds. The maximum Gasteiger partial charge on any atom is 0.338 e. The fourth-order valence-electron chi connectivity index (χ4n) is 2.80. The first-order valence-corrected chi connectivity index (χ1v) is 8.59. The van der Waals surface area contributed by atoms with Crippen molar-refractivity contribution in [3.8, 4) is 11.3 Å². The molecule has 3 N–H and O–H groups in total. The van der Waals surface area contributed by atoms with Crippen LogP contribution in [0.3, 0.4) is 0 Å². The Morgan fingerprint density at radius 3 is 2.52 bits per heavy atom. The SMILES string of the molecule is C=C(C)C(=O)Nc1cc(-c2ncnc3[nH]cc(C(=O)O)c23)ccc1C(=O)N(C)C. The second kappa shape index (κ2) is 7.55. The lowest BCUT2D eigenvalue weighted by atomic mass is 10.0. The summed E-state index contributed by atoms with van der Waals surface area (Å²) in [4.78, 5) is 48.8. The van der Waals surface area contributed by atoms with Gasteiger partial charge < -0.3 is 20.3 Å². The zero-order valence-electron chi connectivity index (χ0n) is 16.1. The topological polar surface area (TPSA) is 128 Å². The average molecular weight is 393 g/mol. The molecule has 0 saturated carbocycles. The molecule has 29 heavy (non-hydrogen) atoms. The van der Waals surface area contributed by atoms with E-state index in [1.807, 2.05) is 0 Å². The summed E-state index contributed by atoms with van der Waals surface area (Å²) in [6.07, 6.45) is 2.66. The second-order valence-electron chi connectivity index (χ2n) is 6.65. The van der Waals surface area contributed by atoms with Crippen molar-refractivity contribution >= 4 is 34.5 Å². The zero-order valence-corrected chi connectivity index (χ0v) is 16.1. The highest BCUT2D eigenvalue weighted by atomic mass is 16.4. The monoisotopic (exact) mass is 393 g/mol. The highest BCUT2D eigenvalue weighted by Gasteiger charge is 2.20. The number of aromatic amines is 1. The van der Waals surface area contributed by atoms with E-state index < -0.39 is 11.9 Å². The summed E-state index contributed by atoms with van der Waals surface area (Å²) in [5.41, 5.74) is 2.11. The first kappa shape index (κ1) is 19.7. The van der Waals surface area contributed by atoms with Gasteiger partial charge in [-0.1, -0.05) is 12.6 Å². The van der Waals surface area contributed by atoms with Gasteiger partial charge in [0, 0.05) is 31.4 Å². The summed E-state index contributed by atoms with van der Waals surface area (Å²) in [6, 6.07) is 4.79. The summed E-state index contributed by atoms with van der Waals surface area (Å²) in [6.45, 7) is 5.16. The Kier molecular flexibility index (Phi) is 5.14. The van der Waals surface area contributed by atoms with Crippen molar-refractivity contribution in [2.45, 2.75) is 6.92 Å². The van der Waals surface area contributed by atoms with Gasteiger partial charge in [-0.2, -0.15) is 0 Å². The lowest BCUT2D eigenvalue weighted by Gasteiger charge is -2.16. The predicted molar refractivity (Wildman–Crippen MR) is 108 cm³/mol. The molecule has 1 aromatic carbocycles. The molecule has 9 heteroatoms. The molecule has 0 unspecified atom stereocenters. The number of aromatic carboxylic acids is 1. The highest BCUT2D eigenvalue weighted by molar-refractivity contribution is 6.10. The number of hydrogen-bond donors (Lipinski definition) is 3. The third-order valence-electron chi connectivity index (χ3n) is 4.27. The Morgan fingerprint density at radius 1 is 1.17 bits per heavy atom. The summed E-state index contributed by atoms with van der Waals surface area (Å²) < 4.78 is 0. The standard InChI is InChI=1S/C20H19N5O4/c1-10(2)18(26)24-14-7-11(5-6-12(14)19(27)25(3)4)16-15-13(20(28)29)8-21-17(15)23-9-22-16/h5-9H,1H2,2-4H3,(H,24,26)(H,28,29)(H,21,22,23). The number of hydrogen-bond acceptors (Lipinski definition) is 5. The van der Waals surface area contributed by atoms with Crippen LogP contribution in [-0.4, -0.2) is 56.8 Å². The Morgan fingerprint density at radius 2 is 1.90 bits per heavy atom. The summed E-state index contributed by atoms with van der Waals surface area (Å²) in [5.74, 6) is -1.85. The molecule has 0 aliphatic rings. The number of fused-ring (bicyclic) bond motifs is 1. The van der Waals surface area contributed by atoms with Crippen LogP contribution < -0.4 is 5.32 Å². The number of anilines is 1. The van der Waals surface area contributed by atoms with Crippen LogP contribution >= 0.6 is 0 Å². The molecule has 2 heterocycles. The Balaban J connectivity index is 2.21. The van der Waals surface area contributed by atoms with Crippen molar-refractivity contribution in [1.82, 2.24) is 19.9 Å². The molecule has 0 saturated heterocycles. The highest BCUT2D eigenvalue weighted by Crippen LogP contribution is 2.31. The maximum absolute atomic E-state index is 12.5. The molecule has 0 aliphatic carbocycles. The fourth-order valence-corrected chi connectivity index (χ4v) is 2.80. The van der Waals surface area contributed by atoms with Gasteiger partial charge in [0.1, 0.15) is 12.0 Å². The maximum atomic E-state index is 12.5. The number of amides is 2. The minimum Gasteiger partial charge on any atom is -0.478 e. The van der Waals surface area contributed by atoms with Gasteiger partial charge in [0.2, 0.25) is 0 Å². The number of carboxylic acids is 1. The molecule has 0 radical (unpaired) electrons. The van der Waals surface area contributed by atoms with E-state index in [9.17, 15) is 19.5 Å². The van der Waals surface area contributed by atoms with Gasteiger partial charge >= 0.3 is 5.97 Å². The number of H-pyrrole nitrogens is 1. The summed E-state index contributed by atoms with van der Waals surface area (Å²) in [5, 5.41) is 12.5. The van der Waals surface area contributed by atoms with Crippen LogP contribution in [0, 0.1) is 0 Å². The van der Waals surface area contributed by atoms with E-state index in [0.29, 0.717) is 22.3 Å². The second-order valence-corrected chi connectivity index (χ2v) is 6.65. The minimum absolute atomic E-state index is 0.0246. The number of carbonyl (C=O) groups is 3. The van der Waals surface area contributed by atoms with Crippen LogP contribution in [0.2, 0.25) is 0 Å². The Labute approximate surface area is 166 Å². The van der Waals surface area contributed by atoms with Gasteiger partial charge in [-0.05, 0) is 19.1 Å². The van der Waals surface area contributed by atoms with Crippen LogP contribution in [0.4, 0.5) is 5.69 Å². The van der Waals surface area contributed by atoms with Gasteiger partial charge in [-0.3, -0.25) is 9.59 Å². The number of carboxylic acid groups (broad SMARTS) is 1. The molecular formula is C20H19N5O4. The van der Waals surface area contributed by atoms with Crippen molar-refractivity contribution in [2.75, 3.05) is 19.4 Å². The van der Waals surface area contributed by atoms with E-state index in [1.165, 1.54) is 17.4 Å². The number of carbonyl (C=O) groups excluding carboxylic acids is 2. The quantitative estimate of drug-likeness (QED) is 0.572. The number of benzene rings is 1. The third-order valence-corrected chi connectivity index (χ3v) is 4.27. The number of nitrogens with one attached hydrogen (secondary N) is 2. The van der Waals surface area contributed by atoms with Gasteiger partial charge in [0.05, 0.1) is 27.9 Å². The molecule has 0 bridgehead atoms. The molecule has 2 aromatic heterocycles. The van der Waals surface area contributed by atoms with Gasteiger partial charge in [0.25, 0.3) is 11.8 Å². The van der Waals surface area contributed by atoms with Crippen LogP contribution in [0.5, 0.6) is 0 Å². The molecule has 0 aliphatic heterocycles. The summed E-state index contributed by atoms with van der Waals surface area (Å²) >= 11 is 0. The van der Waals surface area contributed by atoms with Crippen molar-refractivity contribution in [3.63, 3.8) is 0 Å². The van der Waals surface area contributed by atoms with Crippen molar-refractivity contribution in [1.29, 1.82) is 0 Å². The van der Waals surface area contributed by atoms with Crippen LogP contribution in [0.15, 0.2) is 42.9 Å². The van der Waals surface area contributed by atoms with Crippen LogP contribution in [-0.2, 0) is 4.79 Å². The van der Waals surface area contributed by atoms with Crippen molar-refractivity contribution in [2.24, 2.45) is 0 Å². The van der Waals surface area contributed by atoms with Gasteiger partial charge in [-0.25, -0.2) is 14.8 Å². The first-order chi connectivity index (χ1) is 13.7. The average Bonchev–Trinajstić information content (AvgIpc) is 3.11. The molecular weight excluding hydrogens is 374 g/mol. The molecule has 148 valence electrons. The predicted octanol–water partition coefficient (Wildman–Crippen LogP) is 2.54. The molecule has 0 spiro atoms. The van der Waals surface area contributed by atoms with Crippen LogP contribution in [0.1, 0.15) is 27.6 Å².